The van der Waals surface area contributed by atoms with Crippen LogP contribution in [0.3, 0.4) is 0 Å². The number of nitrogens with zero attached hydrogens (tertiary/aromatic N) is 1. The van der Waals surface area contributed by atoms with Gasteiger partial charge >= 0.3 is 0 Å². The fourth-order valence-electron chi connectivity index (χ4n) is 2.23. The van der Waals surface area contributed by atoms with Crippen LogP contribution in [0.15, 0.2) is 54.7 Å². The number of hydrogen-bond donors (Lipinski definition) is 1. The molecule has 0 saturated heterocycles. The van der Waals surface area contributed by atoms with Crippen molar-refractivity contribution in [2.75, 3.05) is 0 Å². The number of carbonyl (C=O) groups is 1. The predicted molar refractivity (Wildman–Crippen MR) is 75.7 cm³/mol. The number of hydrogen-bond acceptors (Lipinski definition) is 2. The van der Waals surface area contributed by atoms with Crippen LogP contribution in [0, 0.1) is 5.82 Å². The zero-order valence-electron chi connectivity index (χ0n) is 10.5. The molecule has 0 fully saturated rings. The lowest BCUT2D eigenvalue weighted by atomic mass is 10.0. The Kier molecular flexibility index (Phi) is 2.91. The van der Waals surface area contributed by atoms with Crippen molar-refractivity contribution in [2.24, 2.45) is 5.73 Å². The molecule has 4 heteroatoms. The third-order valence-electron chi connectivity index (χ3n) is 3.18. The number of aromatic nitrogens is 1. The van der Waals surface area contributed by atoms with E-state index in [4.69, 9.17) is 5.73 Å². The Morgan fingerprint density at radius 2 is 1.90 bits per heavy atom. The summed E-state index contributed by atoms with van der Waals surface area (Å²) in [6, 6.07) is 13.6. The molecule has 0 radical (unpaired) electrons. The van der Waals surface area contributed by atoms with Crippen LogP contribution in [0.5, 0.6) is 0 Å². The van der Waals surface area contributed by atoms with E-state index in [1.165, 1.54) is 12.3 Å². The average molecular weight is 266 g/mol. The van der Waals surface area contributed by atoms with Crippen LogP contribution in [-0.4, -0.2) is 10.9 Å². The zero-order valence-corrected chi connectivity index (χ0v) is 10.5. The Balaban J connectivity index is 2.27. The van der Waals surface area contributed by atoms with Crippen molar-refractivity contribution in [3.8, 4) is 11.1 Å². The largest absolute Gasteiger partial charge is 0.364 e. The summed E-state index contributed by atoms with van der Waals surface area (Å²) in [5.41, 5.74) is 6.68. The van der Waals surface area contributed by atoms with Crippen molar-refractivity contribution in [1.29, 1.82) is 0 Å². The molecule has 0 saturated carbocycles. The number of rotatable bonds is 2. The topological polar surface area (TPSA) is 56.0 Å². The second kappa shape index (κ2) is 4.74. The van der Waals surface area contributed by atoms with Crippen LogP contribution in [0.1, 0.15) is 10.5 Å². The van der Waals surface area contributed by atoms with Crippen LogP contribution in [0.2, 0.25) is 0 Å². The molecule has 2 aromatic carbocycles. The highest BCUT2D eigenvalue weighted by molar-refractivity contribution is 6.05. The molecule has 2 N–H and O–H groups in total. The number of primary amides is 1. The summed E-state index contributed by atoms with van der Waals surface area (Å²) in [5.74, 6) is -0.905. The van der Waals surface area contributed by atoms with Gasteiger partial charge < -0.3 is 5.73 Å². The molecule has 3 rings (SSSR count). The molecule has 1 amide bonds. The Morgan fingerprint density at radius 3 is 2.65 bits per heavy atom. The van der Waals surface area contributed by atoms with Gasteiger partial charge in [-0.25, -0.2) is 4.39 Å². The van der Waals surface area contributed by atoms with E-state index in [1.807, 2.05) is 12.1 Å². The van der Waals surface area contributed by atoms with E-state index >= 15 is 0 Å². The summed E-state index contributed by atoms with van der Waals surface area (Å²) >= 11 is 0. The monoisotopic (exact) mass is 266 g/mol. The van der Waals surface area contributed by atoms with Crippen LogP contribution in [0.25, 0.3) is 21.9 Å². The van der Waals surface area contributed by atoms with Crippen molar-refractivity contribution in [2.45, 2.75) is 0 Å². The molecular formula is C16H11FN2O. The molecule has 0 aliphatic carbocycles. The van der Waals surface area contributed by atoms with Crippen molar-refractivity contribution >= 4 is 16.7 Å². The summed E-state index contributed by atoms with van der Waals surface area (Å²) in [6.45, 7) is 0. The first-order valence-corrected chi connectivity index (χ1v) is 6.10. The van der Waals surface area contributed by atoms with Gasteiger partial charge in [0.05, 0.1) is 0 Å². The number of fused-ring (bicyclic) bond motifs is 1. The van der Waals surface area contributed by atoms with Crippen LogP contribution < -0.4 is 5.73 Å². The van der Waals surface area contributed by atoms with Crippen LogP contribution in [-0.2, 0) is 0 Å². The van der Waals surface area contributed by atoms with Gasteiger partial charge in [-0.05, 0) is 29.1 Å². The number of carbonyl (C=O) groups excluding carboxylic acids is 1. The Bertz CT molecular complexity index is 814. The minimum Gasteiger partial charge on any atom is -0.364 e. The molecule has 0 bridgehead atoms. The second-order valence-corrected chi connectivity index (χ2v) is 4.44. The fraction of sp³-hybridized carbons (Fsp3) is 0. The van der Waals surface area contributed by atoms with Crippen LogP contribution in [0.4, 0.5) is 4.39 Å². The minimum atomic E-state index is -0.596. The van der Waals surface area contributed by atoms with E-state index in [-0.39, 0.29) is 11.5 Å². The van der Waals surface area contributed by atoms with Gasteiger partial charge in [-0.2, -0.15) is 0 Å². The van der Waals surface area contributed by atoms with E-state index in [0.29, 0.717) is 16.5 Å². The third kappa shape index (κ3) is 2.01. The second-order valence-electron chi connectivity index (χ2n) is 4.44. The van der Waals surface area contributed by atoms with Gasteiger partial charge in [0.25, 0.3) is 5.91 Å². The first-order valence-electron chi connectivity index (χ1n) is 6.10. The molecule has 1 heterocycles. The first-order chi connectivity index (χ1) is 9.66. The molecule has 1 aromatic heterocycles. The number of pyridine rings is 1. The van der Waals surface area contributed by atoms with E-state index in [9.17, 15) is 9.18 Å². The van der Waals surface area contributed by atoms with Gasteiger partial charge in [-0.3, -0.25) is 9.78 Å². The van der Waals surface area contributed by atoms with Gasteiger partial charge in [0.2, 0.25) is 0 Å². The average Bonchev–Trinajstić information content (AvgIpc) is 2.46. The van der Waals surface area contributed by atoms with Crippen molar-refractivity contribution in [1.82, 2.24) is 4.98 Å². The lowest BCUT2D eigenvalue weighted by Crippen LogP contribution is -2.13. The van der Waals surface area contributed by atoms with Gasteiger partial charge in [0.15, 0.2) is 0 Å². The van der Waals surface area contributed by atoms with E-state index in [1.54, 1.807) is 30.3 Å². The van der Waals surface area contributed by atoms with Crippen LogP contribution >= 0.6 is 0 Å². The smallest absolute Gasteiger partial charge is 0.267 e. The standard InChI is InChI=1S/C16H11FN2O/c17-14-4-2-1-3-12(14)11-6-5-10-7-8-19-15(16(18)20)13(10)9-11/h1-9H,(H2,18,20). The number of nitrogens with two attached hydrogens (primary N) is 1. The Morgan fingerprint density at radius 1 is 1.10 bits per heavy atom. The number of amides is 1. The summed E-state index contributed by atoms with van der Waals surface area (Å²) in [5, 5.41) is 1.47. The highest BCUT2D eigenvalue weighted by Gasteiger charge is 2.10. The lowest BCUT2D eigenvalue weighted by molar-refractivity contribution is 0.0997. The van der Waals surface area contributed by atoms with E-state index in [2.05, 4.69) is 4.98 Å². The minimum absolute atomic E-state index is 0.195. The van der Waals surface area contributed by atoms with Gasteiger partial charge in [-0.15, -0.1) is 0 Å². The van der Waals surface area contributed by atoms with Crippen molar-refractivity contribution in [3.63, 3.8) is 0 Å². The maximum absolute atomic E-state index is 13.8. The fourth-order valence-corrected chi connectivity index (χ4v) is 2.23. The summed E-state index contributed by atoms with van der Waals surface area (Å²) in [7, 11) is 0. The summed E-state index contributed by atoms with van der Waals surface area (Å²) in [6.07, 6.45) is 1.53. The molecule has 98 valence electrons. The Labute approximate surface area is 114 Å². The maximum atomic E-state index is 13.8. The van der Waals surface area contributed by atoms with Crippen molar-refractivity contribution in [3.05, 3.63) is 66.2 Å². The lowest BCUT2D eigenvalue weighted by Gasteiger charge is -2.07. The van der Waals surface area contributed by atoms with E-state index in [0.717, 1.165) is 5.39 Å². The zero-order chi connectivity index (χ0) is 14.1. The molecule has 0 aliphatic rings. The van der Waals surface area contributed by atoms with Crippen molar-refractivity contribution < 1.29 is 9.18 Å². The summed E-state index contributed by atoms with van der Waals surface area (Å²) < 4.78 is 13.8. The third-order valence-corrected chi connectivity index (χ3v) is 3.18. The van der Waals surface area contributed by atoms with Gasteiger partial charge in [0, 0.05) is 17.1 Å². The molecular weight excluding hydrogens is 255 g/mol. The number of halogens is 1. The van der Waals surface area contributed by atoms with Gasteiger partial charge in [-0.1, -0.05) is 30.3 Å². The SMILES string of the molecule is NC(=O)c1nccc2ccc(-c3ccccc3F)cc12. The molecule has 0 spiro atoms. The Hall–Kier alpha value is -2.75. The number of benzene rings is 2. The van der Waals surface area contributed by atoms with Gasteiger partial charge in [0.1, 0.15) is 11.5 Å². The normalized spacial score (nSPS) is 10.7. The summed E-state index contributed by atoms with van der Waals surface area (Å²) in [4.78, 5) is 15.4. The molecule has 0 unspecified atom stereocenters. The highest BCUT2D eigenvalue weighted by atomic mass is 19.1. The molecule has 0 atom stereocenters. The predicted octanol–water partition coefficient (Wildman–Crippen LogP) is 3.14. The highest BCUT2D eigenvalue weighted by Crippen LogP contribution is 2.27. The molecule has 3 nitrogen and oxygen atoms in total. The van der Waals surface area contributed by atoms with E-state index < -0.39 is 5.91 Å². The molecule has 20 heavy (non-hydrogen) atoms. The molecule has 0 aliphatic heterocycles. The first kappa shape index (κ1) is 12.3. The maximum Gasteiger partial charge on any atom is 0.267 e. The molecule has 3 aromatic rings. The quantitative estimate of drug-likeness (QED) is 0.774.